The van der Waals surface area contributed by atoms with E-state index in [0.717, 1.165) is 5.56 Å². The molecule has 1 N–H and O–H groups in total. The maximum Gasteiger partial charge on any atom is 0.208 e. The van der Waals surface area contributed by atoms with Gasteiger partial charge in [-0.15, -0.1) is 0 Å². The fourth-order valence-corrected chi connectivity index (χ4v) is 4.58. The number of halogens is 2. The number of benzene rings is 1. The van der Waals surface area contributed by atoms with Crippen LogP contribution in [0.3, 0.4) is 0 Å². The highest BCUT2D eigenvalue weighted by Gasteiger charge is 2.27. The Morgan fingerprint density at radius 2 is 1.94 bits per heavy atom. The van der Waals surface area contributed by atoms with Crippen LogP contribution in [0, 0.1) is 29.9 Å². The van der Waals surface area contributed by atoms with Gasteiger partial charge in [0.15, 0.2) is 17.2 Å². The second-order valence-electron chi connectivity index (χ2n) is 8.45. The zero-order valence-corrected chi connectivity index (χ0v) is 19.2. The van der Waals surface area contributed by atoms with Gasteiger partial charge in [0, 0.05) is 47.6 Å². The van der Waals surface area contributed by atoms with Crippen molar-refractivity contribution in [2.24, 2.45) is 0 Å². The molecule has 0 unspecified atom stereocenters. The van der Waals surface area contributed by atoms with E-state index in [9.17, 15) is 9.65 Å². The molecular formula is C25H20F2N6O3. The first-order valence-electron chi connectivity index (χ1n) is 11.4. The first kappa shape index (κ1) is 22.3. The van der Waals surface area contributed by atoms with E-state index in [2.05, 4.69) is 20.3 Å². The Labute approximate surface area is 204 Å². The molecule has 11 heteroatoms. The summed E-state index contributed by atoms with van der Waals surface area (Å²) in [4.78, 5) is 13.1. The average molecular weight is 490 g/mol. The zero-order chi connectivity index (χ0) is 24.8. The number of fused-ring (bicyclic) bond motifs is 2. The minimum atomic E-state index is -0.843. The molecule has 2 aliphatic rings. The van der Waals surface area contributed by atoms with Crippen molar-refractivity contribution in [3.63, 3.8) is 0 Å². The lowest BCUT2D eigenvalue weighted by Gasteiger charge is -2.15. The molecule has 0 saturated carbocycles. The number of hydrogen-bond donors (Lipinski definition) is 1. The minimum Gasteiger partial charge on any atom is -0.493 e. The average Bonchev–Trinajstić information content (AvgIpc) is 3.65. The molecule has 0 radical (unpaired) electrons. The van der Waals surface area contributed by atoms with E-state index < -0.39 is 12.1 Å². The molecule has 0 spiro atoms. The molecule has 4 aromatic rings. The molecule has 9 nitrogen and oxygen atoms in total. The van der Waals surface area contributed by atoms with Gasteiger partial charge in [0.1, 0.15) is 23.3 Å². The van der Waals surface area contributed by atoms with Gasteiger partial charge in [0.2, 0.25) is 12.2 Å². The van der Waals surface area contributed by atoms with Crippen LogP contribution < -0.4 is 10.1 Å². The first-order valence-corrected chi connectivity index (χ1v) is 11.4. The van der Waals surface area contributed by atoms with Crippen molar-refractivity contribution >= 4 is 11.6 Å². The minimum absolute atomic E-state index is 0.0819. The summed E-state index contributed by atoms with van der Waals surface area (Å²) < 4.78 is 47.7. The summed E-state index contributed by atoms with van der Waals surface area (Å²) in [5, 5.41) is 12.6. The van der Waals surface area contributed by atoms with Crippen molar-refractivity contribution in [3.8, 4) is 22.9 Å². The van der Waals surface area contributed by atoms with Gasteiger partial charge in [-0.1, -0.05) is 0 Å². The summed E-state index contributed by atoms with van der Waals surface area (Å²) in [6, 6.07) is 5.04. The van der Waals surface area contributed by atoms with Gasteiger partial charge < -0.3 is 19.5 Å². The molecule has 1 saturated heterocycles. The van der Waals surface area contributed by atoms with Crippen LogP contribution in [-0.2, 0) is 22.4 Å². The summed E-state index contributed by atoms with van der Waals surface area (Å²) in [6.07, 6.45) is 4.36. The van der Waals surface area contributed by atoms with Crippen molar-refractivity contribution in [2.45, 2.75) is 26.2 Å². The molecule has 5 heterocycles. The third-order valence-electron chi connectivity index (χ3n) is 6.40. The number of anilines is 1. The smallest absolute Gasteiger partial charge is 0.208 e. The monoisotopic (exact) mass is 490 g/mol. The molecule has 6 rings (SSSR count). The number of pyridine rings is 1. The van der Waals surface area contributed by atoms with Crippen molar-refractivity contribution in [1.82, 2.24) is 19.4 Å². The van der Waals surface area contributed by atoms with Gasteiger partial charge in [-0.3, -0.25) is 9.38 Å². The third kappa shape index (κ3) is 3.62. The fraction of sp³-hybridized carbons (Fsp3) is 0.280. The molecule has 182 valence electrons. The van der Waals surface area contributed by atoms with E-state index in [1.165, 1.54) is 24.7 Å². The number of aromatic nitrogens is 4. The molecule has 0 bridgehead atoms. The SMILES string of the molecule is Cc1c(-c2cnc(NCc3c(F)ccc4c3CCO4)n3cc(C#N)nc23)cnc(C2OCCO2)c1F. The van der Waals surface area contributed by atoms with Crippen LogP contribution in [0.2, 0.25) is 0 Å². The van der Waals surface area contributed by atoms with Crippen LogP contribution in [0.25, 0.3) is 16.8 Å². The second-order valence-corrected chi connectivity index (χ2v) is 8.45. The molecule has 0 amide bonds. The fourth-order valence-electron chi connectivity index (χ4n) is 4.58. The molecule has 1 fully saturated rings. The molecule has 0 aliphatic carbocycles. The number of nitriles is 1. The number of imidazole rings is 1. The summed E-state index contributed by atoms with van der Waals surface area (Å²) in [5.74, 6) is 0.157. The number of hydrogen-bond acceptors (Lipinski definition) is 8. The van der Waals surface area contributed by atoms with E-state index in [1.54, 1.807) is 17.4 Å². The number of rotatable bonds is 5. The molecule has 1 aromatic carbocycles. The van der Waals surface area contributed by atoms with Crippen LogP contribution in [0.5, 0.6) is 5.75 Å². The van der Waals surface area contributed by atoms with Crippen molar-refractivity contribution in [3.05, 3.63) is 70.4 Å². The molecular weight excluding hydrogens is 470 g/mol. The van der Waals surface area contributed by atoms with E-state index in [-0.39, 0.29) is 23.7 Å². The van der Waals surface area contributed by atoms with Crippen molar-refractivity contribution < 1.29 is 23.0 Å². The highest BCUT2D eigenvalue weighted by molar-refractivity contribution is 5.80. The number of nitrogens with zero attached hydrogens (tertiary/aromatic N) is 5. The maximum absolute atomic E-state index is 15.2. The van der Waals surface area contributed by atoms with E-state index in [0.29, 0.717) is 65.8 Å². The van der Waals surface area contributed by atoms with Crippen LogP contribution in [0.1, 0.15) is 34.4 Å². The van der Waals surface area contributed by atoms with Crippen LogP contribution in [0.4, 0.5) is 14.7 Å². The van der Waals surface area contributed by atoms with Gasteiger partial charge in [-0.05, 0) is 24.6 Å². The zero-order valence-electron chi connectivity index (χ0n) is 19.2. The standard InChI is InChI=1S/C25H20F2N6O3/c1-13-16(9-29-22(21(13)27)24-35-6-7-36-24)18-11-31-25(33-12-14(8-28)32-23(18)33)30-10-17-15-4-5-34-20(15)3-2-19(17)26/h2-3,9,11-12,24H,4-7,10H2,1H3,(H,30,31). The number of nitrogens with one attached hydrogen (secondary N) is 1. The summed E-state index contributed by atoms with van der Waals surface area (Å²) in [6.45, 7) is 3.05. The number of ether oxygens (including phenoxy) is 3. The van der Waals surface area contributed by atoms with Gasteiger partial charge in [-0.25, -0.2) is 18.7 Å². The Morgan fingerprint density at radius 3 is 2.75 bits per heavy atom. The topological polar surface area (TPSA) is 107 Å². The van der Waals surface area contributed by atoms with E-state index in [1.807, 2.05) is 6.07 Å². The first-order chi connectivity index (χ1) is 17.5. The Hall–Kier alpha value is -4.14. The summed E-state index contributed by atoms with van der Waals surface area (Å²) >= 11 is 0. The Morgan fingerprint density at radius 1 is 1.14 bits per heavy atom. The Bertz CT molecular complexity index is 1540. The highest BCUT2D eigenvalue weighted by Crippen LogP contribution is 2.34. The second kappa shape index (κ2) is 8.82. The Kier molecular flexibility index (Phi) is 5.47. The summed E-state index contributed by atoms with van der Waals surface area (Å²) in [5.41, 5.74) is 3.23. The van der Waals surface area contributed by atoms with Gasteiger partial charge in [0.25, 0.3) is 0 Å². The lowest BCUT2D eigenvalue weighted by atomic mass is 10.0. The van der Waals surface area contributed by atoms with Crippen molar-refractivity contribution in [1.29, 1.82) is 5.26 Å². The largest absolute Gasteiger partial charge is 0.493 e. The van der Waals surface area contributed by atoms with Gasteiger partial charge in [0.05, 0.1) is 26.0 Å². The van der Waals surface area contributed by atoms with Crippen LogP contribution in [0.15, 0.2) is 30.7 Å². The van der Waals surface area contributed by atoms with Crippen molar-refractivity contribution in [2.75, 3.05) is 25.1 Å². The lowest BCUT2D eigenvalue weighted by molar-refractivity contribution is -0.0498. The third-order valence-corrected chi connectivity index (χ3v) is 6.40. The molecule has 2 aliphatic heterocycles. The van der Waals surface area contributed by atoms with Gasteiger partial charge >= 0.3 is 0 Å². The van der Waals surface area contributed by atoms with E-state index >= 15 is 4.39 Å². The predicted octanol–water partition coefficient (Wildman–Crippen LogP) is 3.84. The van der Waals surface area contributed by atoms with Crippen LogP contribution in [-0.4, -0.2) is 39.2 Å². The Balaban J connectivity index is 1.39. The predicted molar refractivity (Wildman–Crippen MR) is 123 cm³/mol. The van der Waals surface area contributed by atoms with E-state index in [4.69, 9.17) is 14.2 Å². The molecule has 3 aromatic heterocycles. The maximum atomic E-state index is 15.2. The van der Waals surface area contributed by atoms with Crippen LogP contribution >= 0.6 is 0 Å². The molecule has 36 heavy (non-hydrogen) atoms. The molecule has 0 atom stereocenters. The normalized spacial score (nSPS) is 15.2. The lowest BCUT2D eigenvalue weighted by Crippen LogP contribution is -2.10. The highest BCUT2D eigenvalue weighted by atomic mass is 19.1. The van der Waals surface area contributed by atoms with Gasteiger partial charge in [-0.2, -0.15) is 5.26 Å². The quantitative estimate of drug-likeness (QED) is 0.450. The summed E-state index contributed by atoms with van der Waals surface area (Å²) in [7, 11) is 0.